The summed E-state index contributed by atoms with van der Waals surface area (Å²) in [5.41, 5.74) is 0.589. The zero-order chi connectivity index (χ0) is 17.3. The third-order valence-corrected chi connectivity index (χ3v) is 7.83. The highest BCUT2D eigenvalue weighted by atomic mass is 79.9. The minimum Gasteiger partial charge on any atom is -0.336 e. The van der Waals surface area contributed by atoms with E-state index >= 15 is 0 Å². The minimum atomic E-state index is -3.54. The van der Waals surface area contributed by atoms with Gasteiger partial charge in [0.1, 0.15) is 4.21 Å². The monoisotopic (exact) mass is 448 g/mol. The van der Waals surface area contributed by atoms with Crippen LogP contribution < -0.4 is 0 Å². The summed E-state index contributed by atoms with van der Waals surface area (Å²) in [5, 5.41) is 0. The van der Waals surface area contributed by atoms with E-state index in [1.165, 1.54) is 10.4 Å². The highest BCUT2D eigenvalue weighted by Crippen LogP contribution is 2.28. The van der Waals surface area contributed by atoms with E-state index in [2.05, 4.69) is 15.9 Å². The number of sulfonamides is 1. The van der Waals surface area contributed by atoms with Gasteiger partial charge in [0.25, 0.3) is 15.9 Å². The van der Waals surface area contributed by atoms with Gasteiger partial charge in [0.2, 0.25) is 0 Å². The van der Waals surface area contributed by atoms with Crippen LogP contribution in [0.1, 0.15) is 10.4 Å². The Morgan fingerprint density at radius 2 is 1.83 bits per heavy atom. The molecule has 1 amide bonds. The first-order valence-corrected chi connectivity index (χ1v) is 10.6. The van der Waals surface area contributed by atoms with Crippen LogP contribution in [-0.4, -0.2) is 49.7 Å². The predicted molar refractivity (Wildman–Crippen MR) is 98.1 cm³/mol. The lowest BCUT2D eigenvalue weighted by Crippen LogP contribution is -2.50. The van der Waals surface area contributed by atoms with Crippen LogP contribution in [-0.2, 0) is 10.0 Å². The quantitative estimate of drug-likeness (QED) is 0.722. The van der Waals surface area contributed by atoms with Crippen LogP contribution in [0, 0.1) is 0 Å². The third kappa shape index (κ3) is 3.67. The number of halogens is 2. The Balaban J connectivity index is 1.68. The molecule has 0 saturated carbocycles. The molecule has 1 aromatic carbocycles. The van der Waals surface area contributed by atoms with Gasteiger partial charge in [-0.15, -0.1) is 11.3 Å². The van der Waals surface area contributed by atoms with Gasteiger partial charge in [-0.25, -0.2) is 8.42 Å². The summed E-state index contributed by atoms with van der Waals surface area (Å²) in [6.07, 6.45) is 0. The fourth-order valence-electron chi connectivity index (χ4n) is 2.50. The summed E-state index contributed by atoms with van der Waals surface area (Å²) < 4.78 is 28.0. The molecule has 1 aliphatic rings. The van der Waals surface area contributed by atoms with Crippen molar-refractivity contribution in [1.82, 2.24) is 9.21 Å². The van der Waals surface area contributed by atoms with Crippen LogP contribution >= 0.6 is 38.9 Å². The number of rotatable bonds is 3. The van der Waals surface area contributed by atoms with Crippen LogP contribution in [0.15, 0.2) is 45.1 Å². The minimum absolute atomic E-state index is 0.0903. The van der Waals surface area contributed by atoms with Crippen molar-refractivity contribution >= 4 is 54.8 Å². The number of amides is 1. The SMILES string of the molecule is O=C(c1cccc(Br)c1)N1CCN(S(=O)(=O)c2ccc(Cl)s2)CC1. The van der Waals surface area contributed by atoms with Gasteiger partial charge >= 0.3 is 0 Å². The molecule has 1 fully saturated rings. The first-order valence-electron chi connectivity index (χ1n) is 7.18. The maximum Gasteiger partial charge on any atom is 0.253 e. The topological polar surface area (TPSA) is 57.7 Å². The molecular weight excluding hydrogens is 436 g/mol. The molecule has 0 bridgehead atoms. The number of carbonyl (C=O) groups is 1. The Kier molecular flexibility index (Phi) is 5.31. The molecule has 2 heterocycles. The van der Waals surface area contributed by atoms with E-state index in [0.29, 0.717) is 23.0 Å². The van der Waals surface area contributed by atoms with Crippen molar-refractivity contribution in [3.63, 3.8) is 0 Å². The number of thiophene rings is 1. The van der Waals surface area contributed by atoms with Crippen molar-refractivity contribution < 1.29 is 13.2 Å². The van der Waals surface area contributed by atoms with Crippen molar-refractivity contribution in [2.24, 2.45) is 0 Å². The number of nitrogens with zero attached hydrogens (tertiary/aromatic N) is 2. The summed E-state index contributed by atoms with van der Waals surface area (Å²) in [6, 6.07) is 10.3. The van der Waals surface area contributed by atoms with E-state index in [0.717, 1.165) is 15.8 Å². The Bertz CT molecular complexity index is 861. The second-order valence-electron chi connectivity index (χ2n) is 5.27. The smallest absolute Gasteiger partial charge is 0.253 e. The van der Waals surface area contributed by atoms with Gasteiger partial charge in [0.15, 0.2) is 0 Å². The maximum atomic E-state index is 12.6. The van der Waals surface area contributed by atoms with Gasteiger partial charge in [-0.2, -0.15) is 4.31 Å². The van der Waals surface area contributed by atoms with Gasteiger partial charge in [-0.1, -0.05) is 33.6 Å². The third-order valence-electron chi connectivity index (χ3n) is 3.74. The molecule has 1 aliphatic heterocycles. The molecule has 0 radical (unpaired) electrons. The molecule has 1 aromatic heterocycles. The molecule has 0 atom stereocenters. The van der Waals surface area contributed by atoms with Gasteiger partial charge in [-0.3, -0.25) is 4.79 Å². The van der Waals surface area contributed by atoms with Crippen molar-refractivity contribution in [2.75, 3.05) is 26.2 Å². The summed E-state index contributed by atoms with van der Waals surface area (Å²) >= 11 is 10.2. The lowest BCUT2D eigenvalue weighted by atomic mass is 10.2. The normalized spacial score (nSPS) is 16.3. The number of hydrogen-bond acceptors (Lipinski definition) is 4. The lowest BCUT2D eigenvalue weighted by Gasteiger charge is -2.33. The summed E-state index contributed by atoms with van der Waals surface area (Å²) in [4.78, 5) is 14.2. The molecule has 24 heavy (non-hydrogen) atoms. The summed E-state index contributed by atoms with van der Waals surface area (Å²) in [7, 11) is -3.54. The number of carbonyl (C=O) groups excluding carboxylic acids is 1. The molecule has 3 rings (SSSR count). The Morgan fingerprint density at radius 3 is 2.42 bits per heavy atom. The van der Waals surface area contributed by atoms with Gasteiger partial charge in [-0.05, 0) is 30.3 Å². The van der Waals surface area contributed by atoms with E-state index in [1.807, 2.05) is 6.07 Å². The van der Waals surface area contributed by atoms with E-state index in [1.54, 1.807) is 29.2 Å². The largest absolute Gasteiger partial charge is 0.336 e. The summed E-state index contributed by atoms with van der Waals surface area (Å²) in [5.74, 6) is -0.0903. The van der Waals surface area contributed by atoms with Crippen molar-refractivity contribution in [3.05, 3.63) is 50.8 Å². The molecule has 2 aromatic rings. The molecule has 5 nitrogen and oxygen atoms in total. The van der Waals surface area contributed by atoms with Crippen LogP contribution in [0.3, 0.4) is 0 Å². The van der Waals surface area contributed by atoms with E-state index < -0.39 is 10.0 Å². The zero-order valence-corrected chi connectivity index (χ0v) is 16.5. The van der Waals surface area contributed by atoms with Crippen molar-refractivity contribution in [1.29, 1.82) is 0 Å². The molecule has 1 saturated heterocycles. The van der Waals surface area contributed by atoms with Gasteiger partial charge in [0.05, 0.1) is 4.34 Å². The molecule has 0 spiro atoms. The van der Waals surface area contributed by atoms with E-state index in [4.69, 9.17) is 11.6 Å². The fraction of sp³-hybridized carbons (Fsp3) is 0.267. The zero-order valence-electron chi connectivity index (χ0n) is 12.5. The predicted octanol–water partition coefficient (Wildman–Crippen LogP) is 3.31. The van der Waals surface area contributed by atoms with E-state index in [-0.39, 0.29) is 23.2 Å². The maximum absolute atomic E-state index is 12.6. The average molecular weight is 450 g/mol. The molecule has 9 heteroatoms. The van der Waals surface area contributed by atoms with Gasteiger partial charge in [0, 0.05) is 36.2 Å². The number of benzene rings is 1. The Morgan fingerprint density at radius 1 is 1.12 bits per heavy atom. The highest BCUT2D eigenvalue weighted by Gasteiger charge is 2.31. The highest BCUT2D eigenvalue weighted by molar-refractivity contribution is 9.10. The molecular formula is C15H14BrClN2O3S2. The fourth-order valence-corrected chi connectivity index (χ4v) is 5.96. The first-order chi connectivity index (χ1) is 11.4. The van der Waals surface area contributed by atoms with Gasteiger partial charge < -0.3 is 4.90 Å². The molecule has 0 N–H and O–H groups in total. The van der Waals surface area contributed by atoms with E-state index in [9.17, 15) is 13.2 Å². The molecule has 128 valence electrons. The number of hydrogen-bond donors (Lipinski definition) is 0. The van der Waals surface area contributed by atoms with Crippen LogP contribution in [0.2, 0.25) is 4.34 Å². The second-order valence-corrected chi connectivity index (χ2v) is 10.1. The van der Waals surface area contributed by atoms with Crippen LogP contribution in [0.5, 0.6) is 0 Å². The van der Waals surface area contributed by atoms with Crippen LogP contribution in [0.25, 0.3) is 0 Å². The summed E-state index contributed by atoms with van der Waals surface area (Å²) in [6.45, 7) is 1.28. The standard InChI is InChI=1S/C15H14BrClN2O3S2/c16-12-3-1-2-11(10-12)15(20)18-6-8-19(9-7-18)24(21,22)14-5-4-13(17)23-14/h1-5,10H,6-9H2. The Labute approximate surface area is 158 Å². The lowest BCUT2D eigenvalue weighted by molar-refractivity contribution is 0.0698. The average Bonchev–Trinajstić information content (AvgIpc) is 3.01. The second kappa shape index (κ2) is 7.13. The molecule has 0 aliphatic carbocycles. The van der Waals surface area contributed by atoms with Crippen LogP contribution in [0.4, 0.5) is 0 Å². The van der Waals surface area contributed by atoms with Crippen molar-refractivity contribution in [3.8, 4) is 0 Å². The first kappa shape index (κ1) is 17.9. The Hall–Kier alpha value is -0.930. The number of piperazine rings is 1. The molecule has 0 unspecified atom stereocenters. The van der Waals surface area contributed by atoms with Crippen molar-refractivity contribution in [2.45, 2.75) is 4.21 Å².